The van der Waals surface area contributed by atoms with Gasteiger partial charge in [-0.05, 0) is 50.8 Å². The summed E-state index contributed by atoms with van der Waals surface area (Å²) in [5.41, 5.74) is 1.32. The van der Waals surface area contributed by atoms with Crippen molar-refractivity contribution in [3.05, 3.63) is 23.2 Å². The third-order valence-electron chi connectivity index (χ3n) is 2.48. The lowest BCUT2D eigenvalue weighted by atomic mass is 10.0. The van der Waals surface area contributed by atoms with Gasteiger partial charge in [-0.3, -0.25) is 0 Å². The maximum Gasteiger partial charge on any atom is 0.242 e. The summed E-state index contributed by atoms with van der Waals surface area (Å²) in [6.07, 6.45) is 3.17. The molecule has 4 heteroatoms. The quantitative estimate of drug-likeness (QED) is 0.669. The highest BCUT2D eigenvalue weighted by molar-refractivity contribution is 6.70. The average molecular weight is 285 g/mol. The highest BCUT2D eigenvalue weighted by Gasteiger charge is 2.30. The maximum atomic E-state index is 6.28. The SMILES string of the molecule is CC(C)C1=CCC(O[Si](C)(C)C)=C1O[Si](C)(C)C. The van der Waals surface area contributed by atoms with Crippen LogP contribution in [-0.4, -0.2) is 16.6 Å². The number of allylic oxidation sites excluding steroid dienone is 2. The molecule has 0 aliphatic heterocycles. The van der Waals surface area contributed by atoms with E-state index in [4.69, 9.17) is 8.85 Å². The zero-order valence-corrected chi connectivity index (χ0v) is 15.2. The molecule has 0 unspecified atom stereocenters. The minimum atomic E-state index is -1.59. The number of rotatable bonds is 5. The van der Waals surface area contributed by atoms with Gasteiger partial charge in [0.2, 0.25) is 16.6 Å². The fourth-order valence-electron chi connectivity index (χ4n) is 1.93. The van der Waals surface area contributed by atoms with Gasteiger partial charge in [0.15, 0.2) is 0 Å². The van der Waals surface area contributed by atoms with Crippen LogP contribution in [0.15, 0.2) is 23.2 Å². The van der Waals surface area contributed by atoms with E-state index >= 15 is 0 Å². The Hall–Kier alpha value is -0.486. The second-order valence-corrected chi connectivity index (χ2v) is 16.1. The second kappa shape index (κ2) is 5.25. The van der Waals surface area contributed by atoms with E-state index in [0.717, 1.165) is 17.9 Å². The highest BCUT2D eigenvalue weighted by Crippen LogP contribution is 2.35. The topological polar surface area (TPSA) is 18.5 Å². The molecule has 18 heavy (non-hydrogen) atoms. The van der Waals surface area contributed by atoms with E-state index in [0.29, 0.717) is 5.92 Å². The van der Waals surface area contributed by atoms with Crippen LogP contribution in [0.5, 0.6) is 0 Å². The Morgan fingerprint density at radius 3 is 1.83 bits per heavy atom. The molecule has 0 fully saturated rings. The Balaban J connectivity index is 3.02. The maximum absolute atomic E-state index is 6.28. The molecule has 1 rings (SSSR count). The van der Waals surface area contributed by atoms with Crippen LogP contribution in [0, 0.1) is 5.92 Å². The molecule has 0 aromatic heterocycles. The third kappa shape index (κ3) is 4.65. The van der Waals surface area contributed by atoms with Crippen LogP contribution in [-0.2, 0) is 8.85 Å². The van der Waals surface area contributed by atoms with Crippen molar-refractivity contribution in [2.75, 3.05) is 0 Å². The molecule has 0 radical (unpaired) electrons. The monoisotopic (exact) mass is 284 g/mol. The molecule has 0 heterocycles. The molecule has 1 aliphatic rings. The summed E-state index contributed by atoms with van der Waals surface area (Å²) in [6, 6.07) is 0. The molecule has 0 spiro atoms. The van der Waals surface area contributed by atoms with E-state index in [1.165, 1.54) is 5.57 Å². The van der Waals surface area contributed by atoms with Crippen LogP contribution in [0.4, 0.5) is 0 Å². The van der Waals surface area contributed by atoms with Crippen LogP contribution >= 0.6 is 0 Å². The summed E-state index contributed by atoms with van der Waals surface area (Å²) in [7, 11) is -3.15. The van der Waals surface area contributed by atoms with Crippen LogP contribution in [0.25, 0.3) is 0 Å². The van der Waals surface area contributed by atoms with Crippen molar-refractivity contribution in [2.24, 2.45) is 5.92 Å². The van der Waals surface area contributed by atoms with E-state index in [1.54, 1.807) is 0 Å². The zero-order chi connectivity index (χ0) is 14.1. The Kier molecular flexibility index (Phi) is 4.54. The lowest BCUT2D eigenvalue weighted by molar-refractivity contribution is 0.345. The fraction of sp³-hybridized carbons (Fsp3) is 0.714. The normalized spacial score (nSPS) is 17.3. The van der Waals surface area contributed by atoms with Gasteiger partial charge < -0.3 is 8.85 Å². The van der Waals surface area contributed by atoms with Gasteiger partial charge in [-0.25, -0.2) is 0 Å². The van der Waals surface area contributed by atoms with Crippen molar-refractivity contribution < 1.29 is 8.85 Å². The highest BCUT2D eigenvalue weighted by atomic mass is 28.4. The standard InChI is InChI=1S/C14H28O2Si2/c1-11(2)12-9-10-13(15-17(3,4)5)14(12)16-18(6,7)8/h9,11H,10H2,1-8H3. The van der Waals surface area contributed by atoms with E-state index < -0.39 is 16.6 Å². The molecule has 0 N–H and O–H groups in total. The molecule has 0 saturated heterocycles. The van der Waals surface area contributed by atoms with Gasteiger partial charge in [0.05, 0.1) is 0 Å². The fourth-order valence-corrected chi connectivity index (χ4v) is 3.69. The lowest BCUT2D eigenvalue weighted by Crippen LogP contribution is -2.29. The predicted molar refractivity (Wildman–Crippen MR) is 83.4 cm³/mol. The van der Waals surface area contributed by atoms with Gasteiger partial charge in [0.1, 0.15) is 11.5 Å². The minimum absolute atomic E-state index is 0.499. The van der Waals surface area contributed by atoms with Gasteiger partial charge in [-0.1, -0.05) is 19.9 Å². The van der Waals surface area contributed by atoms with Crippen molar-refractivity contribution >= 4 is 16.6 Å². The van der Waals surface area contributed by atoms with Crippen LogP contribution in [0.2, 0.25) is 39.3 Å². The summed E-state index contributed by atoms with van der Waals surface area (Å²) < 4.78 is 12.5. The average Bonchev–Trinajstić information content (AvgIpc) is 2.43. The largest absolute Gasteiger partial charge is 0.544 e. The van der Waals surface area contributed by atoms with Gasteiger partial charge in [0, 0.05) is 6.42 Å². The van der Waals surface area contributed by atoms with E-state index in [-0.39, 0.29) is 0 Å². The molecule has 0 aromatic rings. The Bertz CT molecular complexity index is 368. The molecular formula is C14H28O2Si2. The summed E-state index contributed by atoms with van der Waals surface area (Å²) in [5.74, 6) is 2.62. The molecular weight excluding hydrogens is 256 g/mol. The Morgan fingerprint density at radius 1 is 0.944 bits per heavy atom. The van der Waals surface area contributed by atoms with Crippen molar-refractivity contribution in [2.45, 2.75) is 59.6 Å². The summed E-state index contributed by atoms with van der Waals surface area (Å²) >= 11 is 0. The van der Waals surface area contributed by atoms with Crippen molar-refractivity contribution in [3.8, 4) is 0 Å². The van der Waals surface area contributed by atoms with Crippen molar-refractivity contribution in [1.82, 2.24) is 0 Å². The van der Waals surface area contributed by atoms with Gasteiger partial charge in [-0.15, -0.1) is 0 Å². The minimum Gasteiger partial charge on any atom is -0.544 e. The smallest absolute Gasteiger partial charge is 0.242 e. The molecule has 2 nitrogen and oxygen atoms in total. The molecule has 0 saturated carbocycles. The van der Waals surface area contributed by atoms with Crippen LogP contribution in [0.3, 0.4) is 0 Å². The van der Waals surface area contributed by atoms with Crippen LogP contribution < -0.4 is 0 Å². The summed E-state index contributed by atoms with van der Waals surface area (Å²) in [4.78, 5) is 0. The molecule has 0 aromatic carbocycles. The van der Waals surface area contributed by atoms with Gasteiger partial charge in [0.25, 0.3) is 0 Å². The van der Waals surface area contributed by atoms with Gasteiger partial charge in [-0.2, -0.15) is 0 Å². The van der Waals surface area contributed by atoms with Gasteiger partial charge >= 0.3 is 0 Å². The lowest BCUT2D eigenvalue weighted by Gasteiger charge is -2.27. The number of hydrogen-bond acceptors (Lipinski definition) is 2. The first kappa shape index (κ1) is 15.6. The number of hydrogen-bond donors (Lipinski definition) is 0. The molecule has 1 aliphatic carbocycles. The Morgan fingerprint density at radius 2 is 1.44 bits per heavy atom. The third-order valence-corrected chi connectivity index (χ3v) is 4.16. The summed E-state index contributed by atoms with van der Waals surface area (Å²) in [6.45, 7) is 17.8. The van der Waals surface area contributed by atoms with Crippen molar-refractivity contribution in [1.29, 1.82) is 0 Å². The Labute approximate surface area is 114 Å². The first-order chi connectivity index (χ1) is 7.99. The molecule has 104 valence electrons. The first-order valence-electron chi connectivity index (χ1n) is 6.81. The first-order valence-corrected chi connectivity index (χ1v) is 13.6. The zero-order valence-electron chi connectivity index (χ0n) is 13.2. The van der Waals surface area contributed by atoms with E-state index in [2.05, 4.69) is 59.2 Å². The van der Waals surface area contributed by atoms with Crippen LogP contribution in [0.1, 0.15) is 20.3 Å². The van der Waals surface area contributed by atoms with E-state index in [9.17, 15) is 0 Å². The van der Waals surface area contributed by atoms with Crippen molar-refractivity contribution in [3.63, 3.8) is 0 Å². The molecule has 0 amide bonds. The molecule has 0 bridgehead atoms. The molecule has 0 atom stereocenters. The second-order valence-electron chi connectivity index (χ2n) is 7.20. The predicted octanol–water partition coefficient (Wildman–Crippen LogP) is 4.89. The summed E-state index contributed by atoms with van der Waals surface area (Å²) in [5, 5.41) is 0. The van der Waals surface area contributed by atoms with E-state index in [1.807, 2.05) is 0 Å².